The molecule has 0 saturated heterocycles. The number of benzene rings is 2. The summed E-state index contributed by atoms with van der Waals surface area (Å²) in [5, 5.41) is 0.991. The van der Waals surface area contributed by atoms with E-state index in [4.69, 9.17) is 13.9 Å². The van der Waals surface area contributed by atoms with Crippen molar-refractivity contribution in [3.8, 4) is 5.75 Å². The zero-order chi connectivity index (χ0) is 14.7. The second-order valence-electron chi connectivity index (χ2n) is 4.56. The zero-order valence-electron chi connectivity index (χ0n) is 11.5. The van der Waals surface area contributed by atoms with Crippen LogP contribution in [-0.2, 0) is 11.3 Å². The fourth-order valence-electron chi connectivity index (χ4n) is 2.08. The molecule has 3 rings (SSSR count). The Balaban J connectivity index is 1.70. The summed E-state index contributed by atoms with van der Waals surface area (Å²) in [6, 6.07) is 16.4. The molecule has 0 radical (unpaired) electrons. The van der Waals surface area contributed by atoms with E-state index in [1.165, 1.54) is 0 Å². The first kappa shape index (κ1) is 13.2. The van der Waals surface area contributed by atoms with Gasteiger partial charge in [0.1, 0.15) is 23.7 Å². The molecule has 0 amide bonds. The van der Waals surface area contributed by atoms with Crippen molar-refractivity contribution >= 4 is 16.9 Å². The van der Waals surface area contributed by atoms with Gasteiger partial charge in [0, 0.05) is 5.39 Å². The van der Waals surface area contributed by atoms with Gasteiger partial charge in [0.15, 0.2) is 0 Å². The van der Waals surface area contributed by atoms with Crippen molar-refractivity contribution in [3.63, 3.8) is 0 Å². The van der Waals surface area contributed by atoms with Crippen LogP contribution in [-0.4, -0.2) is 13.1 Å². The van der Waals surface area contributed by atoms with Crippen molar-refractivity contribution in [1.82, 2.24) is 0 Å². The van der Waals surface area contributed by atoms with E-state index >= 15 is 0 Å². The second kappa shape index (κ2) is 5.71. The third kappa shape index (κ3) is 2.89. The van der Waals surface area contributed by atoms with E-state index in [-0.39, 0.29) is 6.61 Å². The van der Waals surface area contributed by atoms with Crippen molar-refractivity contribution in [1.29, 1.82) is 0 Å². The first-order valence-corrected chi connectivity index (χ1v) is 6.55. The molecule has 2 aromatic carbocycles. The molecule has 21 heavy (non-hydrogen) atoms. The number of carbonyl (C=O) groups excluding carboxylic acids is 1. The highest BCUT2D eigenvalue weighted by atomic mass is 16.5. The van der Waals surface area contributed by atoms with Gasteiger partial charge in [-0.15, -0.1) is 0 Å². The van der Waals surface area contributed by atoms with Gasteiger partial charge in [0.05, 0.1) is 12.7 Å². The number of hydrogen-bond donors (Lipinski definition) is 0. The lowest BCUT2D eigenvalue weighted by molar-refractivity contribution is 0.0447. The van der Waals surface area contributed by atoms with E-state index in [9.17, 15) is 4.79 Å². The zero-order valence-corrected chi connectivity index (χ0v) is 11.5. The van der Waals surface area contributed by atoms with Crippen LogP contribution in [0.2, 0.25) is 0 Å². The maximum Gasteiger partial charge on any atom is 0.338 e. The number of carbonyl (C=O) groups is 1. The van der Waals surface area contributed by atoms with E-state index in [1.54, 1.807) is 31.4 Å². The minimum Gasteiger partial charge on any atom is -0.497 e. The Bertz CT molecular complexity index is 740. The molecule has 0 fully saturated rings. The maximum atomic E-state index is 12.0. The number of fused-ring (bicyclic) bond motifs is 1. The summed E-state index contributed by atoms with van der Waals surface area (Å²) in [4.78, 5) is 12.0. The van der Waals surface area contributed by atoms with Gasteiger partial charge in [0.2, 0.25) is 0 Å². The van der Waals surface area contributed by atoms with Gasteiger partial charge < -0.3 is 13.9 Å². The SMILES string of the molecule is COc1cccc(C(=O)OCc2cc3ccccc3o2)c1. The summed E-state index contributed by atoms with van der Waals surface area (Å²) in [7, 11) is 1.55. The van der Waals surface area contributed by atoms with Crippen molar-refractivity contribution in [2.45, 2.75) is 6.61 Å². The molecule has 0 N–H and O–H groups in total. The Morgan fingerprint density at radius 3 is 2.76 bits per heavy atom. The summed E-state index contributed by atoms with van der Waals surface area (Å²) in [6.07, 6.45) is 0. The number of rotatable bonds is 4. The Morgan fingerprint density at radius 2 is 1.95 bits per heavy atom. The molecule has 0 saturated carbocycles. The highest BCUT2D eigenvalue weighted by Gasteiger charge is 2.10. The fourth-order valence-corrected chi connectivity index (χ4v) is 2.08. The quantitative estimate of drug-likeness (QED) is 0.683. The molecule has 1 aromatic heterocycles. The van der Waals surface area contributed by atoms with Crippen LogP contribution in [0.25, 0.3) is 11.0 Å². The summed E-state index contributed by atoms with van der Waals surface area (Å²) < 4.78 is 15.9. The van der Waals surface area contributed by atoms with E-state index in [0.717, 1.165) is 11.0 Å². The molecule has 0 spiro atoms. The third-order valence-corrected chi connectivity index (χ3v) is 3.13. The molecule has 4 nitrogen and oxygen atoms in total. The molecular formula is C17H14O4. The average Bonchev–Trinajstić information content (AvgIpc) is 2.95. The molecule has 3 aromatic rings. The van der Waals surface area contributed by atoms with Gasteiger partial charge in [-0.25, -0.2) is 4.79 Å². The number of hydrogen-bond acceptors (Lipinski definition) is 4. The van der Waals surface area contributed by atoms with Crippen LogP contribution in [0, 0.1) is 0 Å². The molecule has 0 aliphatic rings. The van der Waals surface area contributed by atoms with Crippen LogP contribution < -0.4 is 4.74 Å². The smallest absolute Gasteiger partial charge is 0.338 e. The molecule has 4 heteroatoms. The Hall–Kier alpha value is -2.75. The standard InChI is InChI=1S/C17H14O4/c1-19-14-7-4-6-13(10-14)17(18)20-11-15-9-12-5-2-3-8-16(12)21-15/h2-10H,11H2,1H3. The van der Waals surface area contributed by atoms with Crippen LogP contribution >= 0.6 is 0 Å². The van der Waals surface area contributed by atoms with Crippen molar-refractivity contribution in [2.24, 2.45) is 0 Å². The highest BCUT2D eigenvalue weighted by molar-refractivity contribution is 5.89. The summed E-state index contributed by atoms with van der Waals surface area (Å²) in [5.74, 6) is 0.829. The molecule has 1 heterocycles. The van der Waals surface area contributed by atoms with Crippen molar-refractivity contribution in [2.75, 3.05) is 7.11 Å². The van der Waals surface area contributed by atoms with E-state index in [2.05, 4.69) is 0 Å². The van der Waals surface area contributed by atoms with Gasteiger partial charge in [-0.1, -0.05) is 24.3 Å². The molecule has 0 aliphatic carbocycles. The summed E-state index contributed by atoms with van der Waals surface area (Å²) in [6.45, 7) is 0.102. The van der Waals surface area contributed by atoms with E-state index in [0.29, 0.717) is 17.1 Å². The number of methoxy groups -OCH3 is 1. The summed E-state index contributed by atoms with van der Waals surface area (Å²) in [5.41, 5.74) is 1.23. The Morgan fingerprint density at radius 1 is 1.10 bits per heavy atom. The van der Waals surface area contributed by atoms with Gasteiger partial charge in [-0.05, 0) is 30.3 Å². The number of furan rings is 1. The monoisotopic (exact) mass is 282 g/mol. The molecule has 0 unspecified atom stereocenters. The van der Waals surface area contributed by atoms with Crippen molar-refractivity contribution < 1.29 is 18.7 Å². The molecule has 0 aliphatic heterocycles. The number of esters is 1. The van der Waals surface area contributed by atoms with Gasteiger partial charge >= 0.3 is 5.97 Å². The second-order valence-corrected chi connectivity index (χ2v) is 4.56. The lowest BCUT2D eigenvalue weighted by Crippen LogP contribution is -2.04. The highest BCUT2D eigenvalue weighted by Crippen LogP contribution is 2.20. The Kier molecular flexibility index (Phi) is 3.60. The minimum atomic E-state index is -0.408. The largest absolute Gasteiger partial charge is 0.497 e. The van der Waals surface area contributed by atoms with Crippen LogP contribution in [0.4, 0.5) is 0 Å². The average molecular weight is 282 g/mol. The topological polar surface area (TPSA) is 48.7 Å². The molecular weight excluding hydrogens is 268 g/mol. The molecule has 0 bridgehead atoms. The van der Waals surface area contributed by atoms with Gasteiger partial charge in [0.25, 0.3) is 0 Å². The third-order valence-electron chi connectivity index (χ3n) is 3.13. The van der Waals surface area contributed by atoms with Crippen LogP contribution in [0.1, 0.15) is 16.1 Å². The number of ether oxygens (including phenoxy) is 2. The first-order chi connectivity index (χ1) is 10.3. The number of para-hydroxylation sites is 1. The van der Waals surface area contributed by atoms with Crippen LogP contribution in [0.15, 0.2) is 59.0 Å². The molecule has 0 atom stereocenters. The van der Waals surface area contributed by atoms with Crippen LogP contribution in [0.3, 0.4) is 0 Å². The lowest BCUT2D eigenvalue weighted by atomic mass is 10.2. The van der Waals surface area contributed by atoms with Gasteiger partial charge in [-0.2, -0.15) is 0 Å². The maximum absolute atomic E-state index is 12.0. The molecule has 106 valence electrons. The minimum absolute atomic E-state index is 0.102. The predicted octanol–water partition coefficient (Wildman–Crippen LogP) is 3.80. The Labute approximate surface area is 121 Å². The van der Waals surface area contributed by atoms with Gasteiger partial charge in [-0.3, -0.25) is 0 Å². The lowest BCUT2D eigenvalue weighted by Gasteiger charge is -2.04. The predicted molar refractivity (Wildman–Crippen MR) is 78.3 cm³/mol. The van der Waals surface area contributed by atoms with Crippen molar-refractivity contribution in [3.05, 3.63) is 65.9 Å². The normalized spacial score (nSPS) is 10.5. The first-order valence-electron chi connectivity index (χ1n) is 6.55. The van der Waals surface area contributed by atoms with Crippen LogP contribution in [0.5, 0.6) is 5.75 Å². The van der Waals surface area contributed by atoms with E-state index in [1.807, 2.05) is 30.3 Å². The fraction of sp³-hybridized carbons (Fsp3) is 0.118. The van der Waals surface area contributed by atoms with E-state index < -0.39 is 5.97 Å². The summed E-state index contributed by atoms with van der Waals surface area (Å²) >= 11 is 0.